The SMILES string of the molecule is CC1(C)CN(c2nc(Nc3ccc(S(N)(=O)=O)cc3)ncc2Cl)CCO1. The van der Waals surface area contributed by atoms with Gasteiger partial charge in [0.2, 0.25) is 16.0 Å². The first-order valence-electron chi connectivity index (χ1n) is 7.95. The van der Waals surface area contributed by atoms with Crippen molar-refractivity contribution >= 4 is 39.1 Å². The average Bonchev–Trinajstić information content (AvgIpc) is 2.55. The monoisotopic (exact) mass is 397 g/mol. The lowest BCUT2D eigenvalue weighted by Crippen LogP contribution is -2.48. The van der Waals surface area contributed by atoms with Crippen molar-refractivity contribution in [1.82, 2.24) is 9.97 Å². The van der Waals surface area contributed by atoms with E-state index >= 15 is 0 Å². The van der Waals surface area contributed by atoms with E-state index in [1.165, 1.54) is 18.3 Å². The molecule has 140 valence electrons. The molecule has 8 nitrogen and oxygen atoms in total. The van der Waals surface area contributed by atoms with Gasteiger partial charge < -0.3 is 15.0 Å². The second-order valence-electron chi connectivity index (χ2n) is 6.59. The number of nitrogens with two attached hydrogens (primary N) is 1. The van der Waals surface area contributed by atoms with Crippen LogP contribution < -0.4 is 15.4 Å². The molecule has 1 aromatic heterocycles. The van der Waals surface area contributed by atoms with Crippen LogP contribution in [-0.4, -0.2) is 43.7 Å². The van der Waals surface area contributed by atoms with Crippen molar-refractivity contribution in [2.45, 2.75) is 24.3 Å². The van der Waals surface area contributed by atoms with Crippen LogP contribution in [0.3, 0.4) is 0 Å². The number of anilines is 3. The number of halogens is 1. The van der Waals surface area contributed by atoms with Gasteiger partial charge in [0.1, 0.15) is 5.02 Å². The lowest BCUT2D eigenvalue weighted by molar-refractivity contribution is -0.0279. The maximum Gasteiger partial charge on any atom is 0.238 e. The molecule has 1 aromatic carbocycles. The van der Waals surface area contributed by atoms with Gasteiger partial charge in [-0.2, -0.15) is 4.98 Å². The molecule has 3 rings (SSSR count). The van der Waals surface area contributed by atoms with Gasteiger partial charge in [-0.15, -0.1) is 0 Å². The third kappa shape index (κ3) is 4.42. The van der Waals surface area contributed by atoms with Gasteiger partial charge in [0, 0.05) is 18.8 Å². The number of nitrogens with one attached hydrogen (secondary N) is 1. The number of nitrogens with zero attached hydrogens (tertiary/aromatic N) is 3. The molecule has 1 aliphatic rings. The van der Waals surface area contributed by atoms with E-state index in [0.29, 0.717) is 42.2 Å². The van der Waals surface area contributed by atoms with Crippen molar-refractivity contribution in [3.63, 3.8) is 0 Å². The van der Waals surface area contributed by atoms with Crippen molar-refractivity contribution in [2.24, 2.45) is 5.14 Å². The molecule has 2 heterocycles. The quantitative estimate of drug-likeness (QED) is 0.812. The molecule has 2 aromatic rings. The van der Waals surface area contributed by atoms with E-state index in [0.717, 1.165) is 0 Å². The molecular formula is C16H20ClN5O3S. The Morgan fingerprint density at radius 1 is 1.31 bits per heavy atom. The van der Waals surface area contributed by atoms with Crippen LogP contribution in [0.15, 0.2) is 35.4 Å². The van der Waals surface area contributed by atoms with Crippen molar-refractivity contribution in [3.8, 4) is 0 Å². The van der Waals surface area contributed by atoms with Crippen LogP contribution in [0, 0.1) is 0 Å². The summed E-state index contributed by atoms with van der Waals surface area (Å²) in [6.07, 6.45) is 1.54. The number of aromatic nitrogens is 2. The number of morpholine rings is 1. The molecule has 0 spiro atoms. The van der Waals surface area contributed by atoms with Gasteiger partial charge in [-0.05, 0) is 38.1 Å². The third-order valence-electron chi connectivity index (χ3n) is 3.89. The van der Waals surface area contributed by atoms with Crippen LogP contribution in [0.4, 0.5) is 17.5 Å². The highest BCUT2D eigenvalue weighted by atomic mass is 35.5. The molecule has 0 radical (unpaired) electrons. The van der Waals surface area contributed by atoms with Crippen LogP contribution in [0.2, 0.25) is 5.02 Å². The highest BCUT2D eigenvalue weighted by Gasteiger charge is 2.29. The summed E-state index contributed by atoms with van der Waals surface area (Å²) < 4.78 is 28.3. The van der Waals surface area contributed by atoms with E-state index in [2.05, 4.69) is 20.2 Å². The minimum Gasteiger partial charge on any atom is -0.372 e. The number of primary sulfonamides is 1. The summed E-state index contributed by atoms with van der Waals surface area (Å²) >= 11 is 6.28. The lowest BCUT2D eigenvalue weighted by Gasteiger charge is -2.39. The van der Waals surface area contributed by atoms with Gasteiger partial charge >= 0.3 is 0 Å². The zero-order valence-corrected chi connectivity index (χ0v) is 16.0. The predicted molar refractivity (Wildman–Crippen MR) is 100 cm³/mol. The standard InChI is InChI=1S/C16H20ClN5O3S/c1-16(2)10-22(7-8-25-16)14-13(17)9-19-15(21-14)20-11-3-5-12(6-4-11)26(18,23)24/h3-6,9H,7-8,10H2,1-2H3,(H2,18,23,24)(H,19,20,21). The molecule has 0 atom stereocenters. The van der Waals surface area contributed by atoms with Crippen LogP contribution >= 0.6 is 11.6 Å². The molecule has 0 saturated carbocycles. The van der Waals surface area contributed by atoms with Crippen LogP contribution in [-0.2, 0) is 14.8 Å². The maximum absolute atomic E-state index is 11.3. The summed E-state index contributed by atoms with van der Waals surface area (Å²) in [4.78, 5) is 10.8. The second-order valence-corrected chi connectivity index (χ2v) is 8.56. The Bertz CT molecular complexity index is 903. The van der Waals surface area contributed by atoms with E-state index in [-0.39, 0.29) is 10.5 Å². The van der Waals surface area contributed by atoms with Gasteiger partial charge in [-0.3, -0.25) is 0 Å². The Balaban J connectivity index is 1.81. The fraction of sp³-hybridized carbons (Fsp3) is 0.375. The maximum atomic E-state index is 11.3. The molecule has 1 fully saturated rings. The Morgan fingerprint density at radius 2 is 2.00 bits per heavy atom. The fourth-order valence-electron chi connectivity index (χ4n) is 2.69. The summed E-state index contributed by atoms with van der Waals surface area (Å²) in [5.41, 5.74) is 0.344. The zero-order chi connectivity index (χ0) is 18.9. The smallest absolute Gasteiger partial charge is 0.238 e. The summed E-state index contributed by atoms with van der Waals surface area (Å²) in [6.45, 7) is 5.96. The molecular weight excluding hydrogens is 378 g/mol. The molecule has 1 aliphatic heterocycles. The number of hydrogen-bond donors (Lipinski definition) is 2. The first kappa shape index (κ1) is 18.8. The zero-order valence-electron chi connectivity index (χ0n) is 14.4. The minimum absolute atomic E-state index is 0.0383. The van der Waals surface area contributed by atoms with E-state index in [1.54, 1.807) is 12.1 Å². The van der Waals surface area contributed by atoms with Gasteiger partial charge in [-0.25, -0.2) is 18.5 Å². The summed E-state index contributed by atoms with van der Waals surface area (Å²) in [5, 5.41) is 8.59. The second kappa shape index (κ2) is 6.99. The molecule has 1 saturated heterocycles. The predicted octanol–water partition coefficient (Wildman–Crippen LogP) is 2.14. The van der Waals surface area contributed by atoms with Crippen molar-refractivity contribution in [2.75, 3.05) is 29.9 Å². The average molecular weight is 398 g/mol. The van der Waals surface area contributed by atoms with Crippen LogP contribution in [0.1, 0.15) is 13.8 Å². The molecule has 0 unspecified atom stereocenters. The Kier molecular flexibility index (Phi) is 5.07. The van der Waals surface area contributed by atoms with Crippen molar-refractivity contribution < 1.29 is 13.2 Å². The first-order chi connectivity index (χ1) is 12.1. The highest BCUT2D eigenvalue weighted by Crippen LogP contribution is 2.29. The minimum atomic E-state index is -3.73. The van der Waals surface area contributed by atoms with Crippen LogP contribution in [0.25, 0.3) is 0 Å². The molecule has 0 aliphatic carbocycles. The molecule has 0 amide bonds. The van der Waals surface area contributed by atoms with E-state index in [4.69, 9.17) is 21.5 Å². The Morgan fingerprint density at radius 3 is 2.62 bits per heavy atom. The van der Waals surface area contributed by atoms with Gasteiger partial charge in [0.15, 0.2) is 5.82 Å². The molecule has 0 bridgehead atoms. The van der Waals surface area contributed by atoms with E-state index in [1.807, 2.05) is 13.8 Å². The number of sulfonamides is 1. The Labute approximate surface area is 157 Å². The third-order valence-corrected chi connectivity index (χ3v) is 5.09. The molecule has 10 heteroatoms. The van der Waals surface area contributed by atoms with Gasteiger partial charge in [0.05, 0.1) is 23.3 Å². The lowest BCUT2D eigenvalue weighted by atomic mass is 10.1. The summed E-state index contributed by atoms with van der Waals surface area (Å²) in [7, 11) is -3.73. The summed E-state index contributed by atoms with van der Waals surface area (Å²) in [6, 6.07) is 6.02. The van der Waals surface area contributed by atoms with E-state index < -0.39 is 10.0 Å². The highest BCUT2D eigenvalue weighted by molar-refractivity contribution is 7.89. The van der Waals surface area contributed by atoms with Gasteiger partial charge in [0.25, 0.3) is 0 Å². The van der Waals surface area contributed by atoms with Crippen molar-refractivity contribution in [1.29, 1.82) is 0 Å². The van der Waals surface area contributed by atoms with Crippen molar-refractivity contribution in [3.05, 3.63) is 35.5 Å². The topological polar surface area (TPSA) is 110 Å². The Hall–Kier alpha value is -1.94. The number of rotatable bonds is 4. The number of benzene rings is 1. The van der Waals surface area contributed by atoms with Crippen LogP contribution in [0.5, 0.6) is 0 Å². The number of ether oxygens (including phenoxy) is 1. The molecule has 3 N–H and O–H groups in total. The normalized spacial score (nSPS) is 17.2. The fourth-order valence-corrected chi connectivity index (χ4v) is 3.42. The van der Waals surface area contributed by atoms with Gasteiger partial charge in [-0.1, -0.05) is 11.6 Å². The first-order valence-corrected chi connectivity index (χ1v) is 9.88. The van der Waals surface area contributed by atoms with E-state index in [9.17, 15) is 8.42 Å². The molecule has 26 heavy (non-hydrogen) atoms. The largest absolute Gasteiger partial charge is 0.372 e. The summed E-state index contributed by atoms with van der Waals surface area (Å²) in [5.74, 6) is 0.985. The number of hydrogen-bond acceptors (Lipinski definition) is 7.